The van der Waals surface area contributed by atoms with Crippen LogP contribution in [0.15, 0.2) is 364 Å². The van der Waals surface area contributed by atoms with E-state index in [4.69, 9.17) is 57.5 Å². The Morgan fingerprint density at radius 2 is 0.133 bits per heavy atom. The lowest BCUT2D eigenvalue weighted by molar-refractivity contribution is -0.627. The van der Waals surface area contributed by atoms with Crippen molar-refractivity contribution in [1.29, 1.82) is 0 Å². The van der Waals surface area contributed by atoms with Gasteiger partial charge in [0.1, 0.15) is 68.2 Å². The van der Waals surface area contributed by atoms with Crippen LogP contribution in [0.1, 0.15) is 0 Å². The van der Waals surface area contributed by atoms with E-state index in [1.165, 1.54) is 68.2 Å². The van der Waals surface area contributed by atoms with Crippen molar-refractivity contribution in [1.82, 2.24) is 53.8 Å². The molecule has 0 amide bonds. The third-order valence-corrected chi connectivity index (χ3v) is 18.4. The van der Waals surface area contributed by atoms with Gasteiger partial charge in [-0.2, -0.15) is 0 Å². The highest BCUT2D eigenvalue weighted by Crippen LogP contribution is 2.23. The van der Waals surface area contributed by atoms with Crippen LogP contribution in [0.25, 0.3) is 0 Å². The Labute approximate surface area is 819 Å². The lowest BCUT2D eigenvalue weighted by Gasteiger charge is -2.67. The summed E-state index contributed by atoms with van der Waals surface area (Å²) in [6.45, 7) is 0. The fourth-order valence-corrected chi connectivity index (χ4v) is 10.5. The summed E-state index contributed by atoms with van der Waals surface area (Å²) in [5, 5.41) is 0. The average Bonchev–Trinajstić information content (AvgIpc) is 0.957. The summed E-state index contributed by atoms with van der Waals surface area (Å²) in [7, 11) is 61.0. The van der Waals surface area contributed by atoms with Crippen LogP contribution in [-0.4, -0.2) is 281 Å². The average molecular weight is 1910 g/mol. The van der Waals surface area contributed by atoms with E-state index in [-0.39, 0.29) is 0 Å². The maximum atomic E-state index is 8.58. The van der Waals surface area contributed by atoms with Crippen molar-refractivity contribution in [3.63, 3.8) is 0 Å². The summed E-state index contributed by atoms with van der Waals surface area (Å²) in [5.74, 6) is 0. The number of para-hydroxylation sites is 12. The van der Waals surface area contributed by atoms with Crippen LogP contribution in [0.3, 0.4) is 0 Å². The molecule has 0 unspecified atom stereocenters. The highest BCUT2D eigenvalue weighted by atomic mass is 28.4. The molecule has 12 aromatic carbocycles. The van der Waals surface area contributed by atoms with Gasteiger partial charge in [-0.15, -0.1) is 0 Å². The number of benzene rings is 12. The van der Waals surface area contributed by atoms with Crippen molar-refractivity contribution >= 4 is 95.4 Å². The van der Waals surface area contributed by atoms with Gasteiger partial charge >= 0.3 is 0 Å². The van der Waals surface area contributed by atoms with Crippen LogP contribution in [0.4, 0.5) is 68.2 Å². The fourth-order valence-electron chi connectivity index (χ4n) is 10.5. The Morgan fingerprint density at radius 1 is 0.0963 bits per heavy atom. The summed E-state index contributed by atoms with van der Waals surface area (Å²) in [5.41, 5.74) is 16.0. The Hall–Kier alpha value is -9.67. The Morgan fingerprint density at radius 3 is 0.156 bits per heavy atom. The van der Waals surface area contributed by atoms with Crippen LogP contribution in [0, 0.1) is 0 Å². The molecule has 0 aliphatic heterocycles. The molecule has 0 spiro atoms. The van der Waals surface area contributed by atoms with E-state index in [9.17, 15) is 0 Å². The van der Waals surface area contributed by atoms with Crippen LogP contribution < -0.4 is 111 Å². The molecule has 0 N–H and O–H groups in total. The molecule has 0 bridgehead atoms. The van der Waals surface area contributed by atoms with E-state index in [0.29, 0.717) is 0 Å². The van der Waals surface area contributed by atoms with Gasteiger partial charge in [-0.1, -0.05) is 218 Å². The minimum Gasteiger partial charge on any atom is -0.894 e. The summed E-state index contributed by atoms with van der Waals surface area (Å²) in [6, 6.07) is 125. The zero-order chi connectivity index (χ0) is 105. The molecular weight excluding hydrogens is 1740 g/mol. The highest BCUT2D eigenvalue weighted by Gasteiger charge is 2.17. The number of hydrogen-bond acceptors (Lipinski definition) is 12. The first-order valence-corrected chi connectivity index (χ1v) is 49.1. The second-order valence-electron chi connectivity index (χ2n) is 41.7. The quantitative estimate of drug-likeness (QED) is 0.0868. The topological polar surface area (TPSA) is 277 Å². The fraction of sp³-hybridized carbons (Fsp3) is 0.333. The molecule has 0 radical (unpaired) electrons. The molecule has 12 aromatic rings. The van der Waals surface area contributed by atoms with E-state index in [2.05, 4.69) is 545 Å². The van der Waals surface area contributed by atoms with Gasteiger partial charge in [-0.05, 0) is 146 Å². The zero-order valence-electron chi connectivity index (χ0n) is 88.4. The molecule has 0 aliphatic carbocycles. The predicted molar refractivity (Wildman–Crippen MR) is 569 cm³/mol. The summed E-state index contributed by atoms with van der Waals surface area (Å²) in [4.78, 5) is 103. The number of nitrogens with zero attached hydrogens (tertiary/aromatic N) is 12. The maximum Gasteiger partial charge on any atom is 0.132 e. The van der Waals surface area contributed by atoms with Gasteiger partial charge in [0, 0.05) is 0 Å². The van der Waals surface area contributed by atoms with E-state index in [1.54, 1.807) is 0 Å². The molecule has 0 heterocycles. The smallest absolute Gasteiger partial charge is 0.132 e. The normalized spacial score (nSPS) is 11.6. The molecule has 0 saturated carbocycles. The van der Waals surface area contributed by atoms with Gasteiger partial charge in [0.15, 0.2) is 0 Å². The van der Waals surface area contributed by atoms with Crippen molar-refractivity contribution in [3.05, 3.63) is 364 Å². The van der Waals surface area contributed by atoms with Gasteiger partial charge in [0.05, 0.1) is 254 Å². The van der Waals surface area contributed by atoms with Crippen molar-refractivity contribution in [3.8, 4) is 0 Å². The van der Waals surface area contributed by atoms with Gasteiger partial charge < -0.3 is 84.7 Å². The zero-order valence-corrected chi connectivity index (χ0v) is 91.4. The Kier molecular flexibility index (Phi) is 58.3. The molecule has 0 aromatic heterocycles. The SMILES string of the molecule is C[N+](C)(C)c1ccccc1.C[N+](C)(C)c1ccccc1.C[N+](C)(C)c1ccccc1.C[N+](C)(C)c1ccccc1.C[N+](C)(C)c1ccccc1.C[N+](C)(C)c1ccccc1.C[N+](C)(C)c1ccccc1.C[N+](C)(C)c1ccccc1.C[N+](C)(C)c1ccccc1.C[N+](C)(C)c1ccccc1.C[N+](C)(C)c1ccccc1.C[N+](C)(C)c1ccccc1.[O-][Si]([O-])([O-])[O-].[O-][Si]([O-])([O-])[O-].[O-][Si]([O-])([O-])[O-]. The number of quaternary nitrogens is 12. The first kappa shape index (κ1) is 129. The van der Waals surface area contributed by atoms with Gasteiger partial charge in [0.25, 0.3) is 0 Å². The summed E-state index contributed by atoms with van der Waals surface area (Å²) in [6.07, 6.45) is 0. The summed E-state index contributed by atoms with van der Waals surface area (Å²) < 4.78 is 10.7. The van der Waals surface area contributed by atoms with Crippen LogP contribution in [0.5, 0.6) is 0 Å². The molecule has 0 atom stereocenters. The molecule has 135 heavy (non-hydrogen) atoms. The van der Waals surface area contributed by atoms with E-state index in [1.807, 2.05) is 72.8 Å². The number of hydrogen-bond donors (Lipinski definition) is 0. The first-order chi connectivity index (χ1) is 61.3. The molecule has 12 rings (SSSR count). The van der Waals surface area contributed by atoms with E-state index >= 15 is 0 Å². The van der Waals surface area contributed by atoms with Gasteiger partial charge in [-0.3, -0.25) is 53.8 Å². The van der Waals surface area contributed by atoms with E-state index in [0.717, 1.165) is 53.8 Å². The third kappa shape index (κ3) is 74.2. The standard InChI is InChI=1S/12C9H14N.3O4Si/c12*1-10(2,3)9-7-5-4-6-8-9;3*1-5(2,3)4/h12*4-8H,1-3H3;;;/q12*+1;3*-4. The maximum absolute atomic E-state index is 8.58. The lowest BCUT2D eigenvalue weighted by Crippen LogP contribution is -2.82. The number of rotatable bonds is 12. The van der Waals surface area contributed by atoms with Crippen LogP contribution in [0.2, 0.25) is 0 Å². The Bertz CT molecular complexity index is 3770. The minimum atomic E-state index is -5.61. The molecule has 0 fully saturated rings. The van der Waals surface area contributed by atoms with Crippen molar-refractivity contribution in [2.45, 2.75) is 0 Å². The molecule has 24 nitrogen and oxygen atoms in total. The van der Waals surface area contributed by atoms with Crippen molar-refractivity contribution < 1.29 is 57.5 Å². The van der Waals surface area contributed by atoms with E-state index < -0.39 is 27.1 Å². The third-order valence-electron chi connectivity index (χ3n) is 18.4. The van der Waals surface area contributed by atoms with Crippen molar-refractivity contribution in [2.75, 3.05) is 254 Å². The minimum absolute atomic E-state index is 0.890. The van der Waals surface area contributed by atoms with Gasteiger partial charge in [-0.25, -0.2) is 0 Å². The largest absolute Gasteiger partial charge is 0.894 e. The Balaban J connectivity index is -0.00000139. The summed E-state index contributed by atoms with van der Waals surface area (Å²) >= 11 is 0. The molecule has 0 aliphatic rings. The predicted octanol–water partition coefficient (Wildman–Crippen LogP) is 7.19. The monoisotopic (exact) mass is 1910 g/mol. The first-order valence-electron chi connectivity index (χ1n) is 44.2. The second-order valence-corrected chi connectivity index (χ2v) is 44.7. The second kappa shape index (κ2) is 60.8. The molecule has 744 valence electrons. The van der Waals surface area contributed by atoms with Gasteiger partial charge in [0.2, 0.25) is 0 Å². The highest BCUT2D eigenvalue weighted by molar-refractivity contribution is 6.39. The lowest BCUT2D eigenvalue weighted by atomic mass is 10.3. The van der Waals surface area contributed by atoms with Crippen LogP contribution in [-0.2, 0) is 0 Å². The van der Waals surface area contributed by atoms with Crippen LogP contribution >= 0.6 is 0 Å². The molecule has 0 saturated heterocycles. The van der Waals surface area contributed by atoms with Crippen molar-refractivity contribution in [2.24, 2.45) is 0 Å². The molecular formula is C108H168N12O12Si3. The molecule has 27 heteroatoms.